The van der Waals surface area contributed by atoms with Gasteiger partial charge in [-0.3, -0.25) is 10.1 Å². The van der Waals surface area contributed by atoms with Gasteiger partial charge in [0, 0.05) is 4.47 Å². The molecular weight excluding hydrogens is 293 g/mol. The molecule has 0 radical (unpaired) electrons. The molecule has 1 heterocycles. The quantitative estimate of drug-likeness (QED) is 0.909. The zero-order valence-electron chi connectivity index (χ0n) is 8.69. The molecule has 1 N–H and O–H groups in total. The summed E-state index contributed by atoms with van der Waals surface area (Å²) in [6.45, 7) is 0. The fourth-order valence-electron chi connectivity index (χ4n) is 1.17. The smallest absolute Gasteiger partial charge is 0.270 e. The highest BCUT2D eigenvalue weighted by atomic mass is 79.9. The fourth-order valence-corrected chi connectivity index (χ4v) is 1.54. The van der Waals surface area contributed by atoms with E-state index in [1.54, 1.807) is 7.05 Å². The van der Waals surface area contributed by atoms with Crippen molar-refractivity contribution in [2.24, 2.45) is 7.05 Å². The summed E-state index contributed by atoms with van der Waals surface area (Å²) < 4.78 is 14.0. The number of benzene rings is 1. The number of tetrazole rings is 1. The molecule has 0 aliphatic rings. The predicted octanol–water partition coefficient (Wildman–Crippen LogP) is 1.36. The molecule has 1 aromatic carbocycles. The molecule has 0 atom stereocenters. The molecule has 8 heteroatoms. The zero-order valence-corrected chi connectivity index (χ0v) is 10.3. The summed E-state index contributed by atoms with van der Waals surface area (Å²) in [4.78, 5) is 12.9. The molecule has 1 amide bonds. The van der Waals surface area contributed by atoms with E-state index in [0.717, 1.165) is 0 Å². The molecule has 0 spiro atoms. The standard InChI is InChI=1S/C9H7BrFN5O/c1-16-14-9(13-15-16)12-8(17)6-4-5(10)2-3-7(6)11/h2-4H,1H3,(H,12,14,17). The number of hydrogen-bond donors (Lipinski definition) is 1. The van der Waals surface area contributed by atoms with E-state index in [4.69, 9.17) is 0 Å². The van der Waals surface area contributed by atoms with Crippen molar-refractivity contribution >= 4 is 27.8 Å². The number of amides is 1. The third-order valence-electron chi connectivity index (χ3n) is 1.91. The minimum absolute atomic E-state index is 0.0249. The highest BCUT2D eigenvalue weighted by Gasteiger charge is 2.14. The molecule has 0 unspecified atom stereocenters. The highest BCUT2D eigenvalue weighted by molar-refractivity contribution is 9.10. The van der Waals surface area contributed by atoms with Crippen LogP contribution >= 0.6 is 15.9 Å². The average Bonchev–Trinajstić information content (AvgIpc) is 2.67. The topological polar surface area (TPSA) is 72.7 Å². The van der Waals surface area contributed by atoms with Crippen LogP contribution in [0.4, 0.5) is 10.3 Å². The van der Waals surface area contributed by atoms with Gasteiger partial charge in [-0.15, -0.1) is 5.10 Å². The molecule has 0 fully saturated rings. The Morgan fingerprint density at radius 3 is 2.94 bits per heavy atom. The number of nitrogens with zero attached hydrogens (tertiary/aromatic N) is 4. The van der Waals surface area contributed by atoms with Gasteiger partial charge in [0.05, 0.1) is 12.6 Å². The van der Waals surface area contributed by atoms with Crippen LogP contribution in [-0.4, -0.2) is 26.1 Å². The Bertz CT molecular complexity index is 570. The molecular formula is C9H7BrFN5O. The van der Waals surface area contributed by atoms with Crippen molar-refractivity contribution in [1.82, 2.24) is 20.2 Å². The number of rotatable bonds is 2. The minimum Gasteiger partial charge on any atom is -0.288 e. The van der Waals surface area contributed by atoms with Crippen molar-refractivity contribution in [1.29, 1.82) is 0 Å². The van der Waals surface area contributed by atoms with Crippen molar-refractivity contribution in [2.75, 3.05) is 5.32 Å². The van der Waals surface area contributed by atoms with E-state index in [1.807, 2.05) is 0 Å². The van der Waals surface area contributed by atoms with Crippen molar-refractivity contribution in [3.63, 3.8) is 0 Å². The summed E-state index contributed by atoms with van der Waals surface area (Å²) in [5.74, 6) is -1.22. The number of aryl methyl sites for hydroxylation is 1. The van der Waals surface area contributed by atoms with Crippen LogP contribution in [0.1, 0.15) is 10.4 Å². The Morgan fingerprint density at radius 2 is 2.29 bits per heavy atom. The summed E-state index contributed by atoms with van der Waals surface area (Å²) in [6.07, 6.45) is 0. The Hall–Kier alpha value is -1.83. The van der Waals surface area contributed by atoms with Crippen LogP contribution in [0.25, 0.3) is 0 Å². The normalized spacial score (nSPS) is 10.3. The van der Waals surface area contributed by atoms with E-state index in [2.05, 4.69) is 36.7 Å². The van der Waals surface area contributed by atoms with E-state index in [0.29, 0.717) is 4.47 Å². The second-order valence-corrected chi connectivity index (χ2v) is 4.10. The van der Waals surface area contributed by atoms with Crippen LogP contribution in [0, 0.1) is 5.82 Å². The number of carbonyl (C=O) groups excluding carboxylic acids is 1. The summed E-state index contributed by atoms with van der Waals surface area (Å²) >= 11 is 3.16. The van der Waals surface area contributed by atoms with Crippen molar-refractivity contribution in [3.8, 4) is 0 Å². The van der Waals surface area contributed by atoms with Gasteiger partial charge < -0.3 is 0 Å². The number of carbonyl (C=O) groups is 1. The minimum atomic E-state index is -0.628. The Morgan fingerprint density at radius 1 is 1.53 bits per heavy atom. The van der Waals surface area contributed by atoms with Gasteiger partial charge in [0.25, 0.3) is 11.9 Å². The van der Waals surface area contributed by atoms with Gasteiger partial charge in [-0.25, -0.2) is 4.39 Å². The van der Waals surface area contributed by atoms with Crippen LogP contribution in [0.15, 0.2) is 22.7 Å². The summed E-state index contributed by atoms with van der Waals surface area (Å²) in [5, 5.41) is 13.2. The maximum absolute atomic E-state index is 13.4. The van der Waals surface area contributed by atoms with Crippen LogP contribution in [0.3, 0.4) is 0 Å². The van der Waals surface area contributed by atoms with E-state index in [9.17, 15) is 9.18 Å². The second kappa shape index (κ2) is 4.58. The van der Waals surface area contributed by atoms with Gasteiger partial charge in [0.2, 0.25) is 0 Å². The van der Waals surface area contributed by atoms with Crippen molar-refractivity contribution in [3.05, 3.63) is 34.1 Å². The van der Waals surface area contributed by atoms with Gasteiger partial charge in [-0.05, 0) is 23.4 Å². The third-order valence-corrected chi connectivity index (χ3v) is 2.40. The number of halogens is 2. The molecule has 0 aliphatic carbocycles. The monoisotopic (exact) mass is 299 g/mol. The first-order valence-electron chi connectivity index (χ1n) is 4.56. The highest BCUT2D eigenvalue weighted by Crippen LogP contribution is 2.16. The maximum Gasteiger partial charge on any atom is 0.270 e. The maximum atomic E-state index is 13.4. The lowest BCUT2D eigenvalue weighted by atomic mass is 10.2. The van der Waals surface area contributed by atoms with Crippen LogP contribution in [0.2, 0.25) is 0 Å². The Kier molecular flexibility index (Phi) is 3.14. The molecule has 2 rings (SSSR count). The average molecular weight is 300 g/mol. The number of aromatic nitrogens is 4. The predicted molar refractivity (Wildman–Crippen MR) is 60.9 cm³/mol. The molecule has 6 nitrogen and oxygen atoms in total. The van der Waals surface area contributed by atoms with Gasteiger partial charge in [-0.1, -0.05) is 21.0 Å². The lowest BCUT2D eigenvalue weighted by Gasteiger charge is -2.02. The van der Waals surface area contributed by atoms with Gasteiger partial charge in [0.15, 0.2) is 0 Å². The fraction of sp³-hybridized carbons (Fsp3) is 0.111. The molecule has 2 aromatic rings. The van der Waals surface area contributed by atoms with E-state index in [-0.39, 0.29) is 11.5 Å². The number of nitrogens with one attached hydrogen (secondary N) is 1. The van der Waals surface area contributed by atoms with E-state index in [1.165, 1.54) is 23.0 Å². The van der Waals surface area contributed by atoms with Crippen LogP contribution in [0.5, 0.6) is 0 Å². The SMILES string of the molecule is Cn1nnc(NC(=O)c2cc(Br)ccc2F)n1. The first kappa shape index (κ1) is 11.6. The lowest BCUT2D eigenvalue weighted by Crippen LogP contribution is -2.15. The van der Waals surface area contributed by atoms with Gasteiger partial charge >= 0.3 is 0 Å². The Labute approximate surface area is 104 Å². The molecule has 0 saturated carbocycles. The number of hydrogen-bond acceptors (Lipinski definition) is 4. The van der Waals surface area contributed by atoms with Crippen LogP contribution < -0.4 is 5.32 Å². The van der Waals surface area contributed by atoms with Crippen molar-refractivity contribution in [2.45, 2.75) is 0 Å². The van der Waals surface area contributed by atoms with E-state index < -0.39 is 11.7 Å². The lowest BCUT2D eigenvalue weighted by molar-refractivity contribution is 0.102. The summed E-state index contributed by atoms with van der Waals surface area (Å²) in [7, 11) is 1.56. The molecule has 0 bridgehead atoms. The Balaban J connectivity index is 2.22. The molecule has 88 valence electrons. The van der Waals surface area contributed by atoms with Crippen LogP contribution in [-0.2, 0) is 7.05 Å². The third kappa shape index (κ3) is 2.64. The first-order chi connectivity index (χ1) is 8.06. The molecule has 1 aromatic heterocycles. The van der Waals surface area contributed by atoms with Gasteiger partial charge in [-0.2, -0.15) is 4.80 Å². The zero-order chi connectivity index (χ0) is 12.4. The second-order valence-electron chi connectivity index (χ2n) is 3.18. The molecule has 0 saturated heterocycles. The van der Waals surface area contributed by atoms with Gasteiger partial charge in [0.1, 0.15) is 5.82 Å². The van der Waals surface area contributed by atoms with E-state index >= 15 is 0 Å². The largest absolute Gasteiger partial charge is 0.288 e. The summed E-state index contributed by atoms with van der Waals surface area (Å²) in [6, 6.07) is 4.08. The molecule has 17 heavy (non-hydrogen) atoms. The van der Waals surface area contributed by atoms with Crippen molar-refractivity contribution < 1.29 is 9.18 Å². The first-order valence-corrected chi connectivity index (χ1v) is 5.36. The summed E-state index contributed by atoms with van der Waals surface area (Å²) in [5.41, 5.74) is -0.0909. The number of anilines is 1. The molecule has 0 aliphatic heterocycles.